The summed E-state index contributed by atoms with van der Waals surface area (Å²) in [6.07, 6.45) is 0.0116. The van der Waals surface area contributed by atoms with Gasteiger partial charge in [-0.1, -0.05) is 6.92 Å². The zero-order valence-electron chi connectivity index (χ0n) is 8.41. The van der Waals surface area contributed by atoms with Crippen LogP contribution in [0.25, 0.3) is 0 Å². The van der Waals surface area contributed by atoms with E-state index >= 15 is 0 Å². The van der Waals surface area contributed by atoms with Crippen LogP contribution < -0.4 is 16.4 Å². The van der Waals surface area contributed by atoms with E-state index in [-0.39, 0.29) is 12.5 Å². The lowest BCUT2D eigenvalue weighted by Crippen LogP contribution is -2.48. The average Bonchev–Trinajstić information content (AvgIpc) is 2.12. The number of carbonyl (C=O) groups excluding carboxylic acids is 2. The van der Waals surface area contributed by atoms with Crippen molar-refractivity contribution in [2.24, 2.45) is 5.73 Å². The number of primary amides is 1. The molecule has 6 heteroatoms. The number of hydrogen-bond acceptors (Lipinski definition) is 3. The summed E-state index contributed by atoms with van der Waals surface area (Å²) in [7, 11) is 0. The fraction of sp³-hybridized carbons (Fsp3) is 0.750. The quantitative estimate of drug-likeness (QED) is 0.457. The summed E-state index contributed by atoms with van der Waals surface area (Å²) < 4.78 is 0. The number of nitrogens with one attached hydrogen (secondary N) is 2. The number of rotatable bonds is 5. The monoisotopic (exact) mass is 203 g/mol. The maximum atomic E-state index is 11.2. The van der Waals surface area contributed by atoms with E-state index in [4.69, 9.17) is 10.8 Å². The summed E-state index contributed by atoms with van der Waals surface area (Å²) in [4.78, 5) is 21.6. The molecule has 5 N–H and O–H groups in total. The van der Waals surface area contributed by atoms with E-state index < -0.39 is 18.2 Å². The summed E-state index contributed by atoms with van der Waals surface area (Å²) >= 11 is 0. The van der Waals surface area contributed by atoms with E-state index in [1.54, 1.807) is 0 Å². The van der Waals surface area contributed by atoms with Crippen molar-refractivity contribution in [2.75, 3.05) is 6.54 Å². The molecule has 0 heterocycles. The molecule has 0 aliphatic rings. The summed E-state index contributed by atoms with van der Waals surface area (Å²) in [5, 5.41) is 13.9. The van der Waals surface area contributed by atoms with Gasteiger partial charge in [-0.3, -0.25) is 4.79 Å². The van der Waals surface area contributed by atoms with Gasteiger partial charge >= 0.3 is 6.03 Å². The molecule has 2 atom stereocenters. The minimum Gasteiger partial charge on any atom is -0.391 e. The van der Waals surface area contributed by atoms with E-state index in [2.05, 4.69) is 10.6 Å². The van der Waals surface area contributed by atoms with Crippen LogP contribution in [0.4, 0.5) is 4.79 Å². The molecule has 0 aromatic heterocycles. The first-order chi connectivity index (χ1) is 6.47. The minimum atomic E-state index is -0.747. The molecule has 0 radical (unpaired) electrons. The maximum absolute atomic E-state index is 11.2. The lowest BCUT2D eigenvalue weighted by Gasteiger charge is -2.14. The third-order valence-electron chi connectivity index (χ3n) is 1.74. The summed E-state index contributed by atoms with van der Waals surface area (Å²) in [5.74, 6) is -0.365. The zero-order chi connectivity index (χ0) is 11.1. The first-order valence-corrected chi connectivity index (χ1v) is 4.49. The van der Waals surface area contributed by atoms with Crippen LogP contribution in [-0.4, -0.2) is 35.7 Å². The Bertz CT molecular complexity index is 208. The highest BCUT2D eigenvalue weighted by Crippen LogP contribution is 1.88. The molecule has 14 heavy (non-hydrogen) atoms. The molecule has 0 aromatic rings. The molecule has 0 saturated carbocycles. The van der Waals surface area contributed by atoms with Crippen molar-refractivity contribution in [1.82, 2.24) is 10.6 Å². The first-order valence-electron chi connectivity index (χ1n) is 4.49. The van der Waals surface area contributed by atoms with Gasteiger partial charge in [0.25, 0.3) is 0 Å². The van der Waals surface area contributed by atoms with Gasteiger partial charge in [-0.25, -0.2) is 4.79 Å². The Morgan fingerprint density at radius 1 is 1.50 bits per heavy atom. The van der Waals surface area contributed by atoms with Crippen LogP contribution in [0.2, 0.25) is 0 Å². The Hall–Kier alpha value is -1.30. The van der Waals surface area contributed by atoms with Crippen molar-refractivity contribution < 1.29 is 14.7 Å². The van der Waals surface area contributed by atoms with Crippen molar-refractivity contribution in [2.45, 2.75) is 32.4 Å². The minimum absolute atomic E-state index is 0.181. The van der Waals surface area contributed by atoms with Gasteiger partial charge in [0.2, 0.25) is 5.91 Å². The van der Waals surface area contributed by atoms with Crippen LogP contribution in [0.5, 0.6) is 0 Å². The fourth-order valence-corrected chi connectivity index (χ4v) is 0.795. The molecule has 0 fully saturated rings. The smallest absolute Gasteiger partial charge is 0.312 e. The molecule has 0 aromatic carbocycles. The van der Waals surface area contributed by atoms with Crippen LogP contribution in [0.3, 0.4) is 0 Å². The highest BCUT2D eigenvalue weighted by molar-refractivity contribution is 5.86. The highest BCUT2D eigenvalue weighted by atomic mass is 16.3. The molecular weight excluding hydrogens is 186 g/mol. The fourth-order valence-electron chi connectivity index (χ4n) is 0.795. The largest absolute Gasteiger partial charge is 0.391 e. The Labute approximate surface area is 82.9 Å². The van der Waals surface area contributed by atoms with E-state index in [0.717, 1.165) is 0 Å². The first kappa shape index (κ1) is 12.7. The van der Waals surface area contributed by atoms with Gasteiger partial charge in [0, 0.05) is 6.54 Å². The molecule has 0 saturated heterocycles. The van der Waals surface area contributed by atoms with Crippen molar-refractivity contribution in [3.63, 3.8) is 0 Å². The molecule has 3 amide bonds. The second kappa shape index (κ2) is 6.20. The van der Waals surface area contributed by atoms with Gasteiger partial charge in [0.15, 0.2) is 0 Å². The van der Waals surface area contributed by atoms with Crippen LogP contribution in [-0.2, 0) is 4.79 Å². The van der Waals surface area contributed by atoms with E-state index in [0.29, 0.717) is 6.42 Å². The normalized spacial score (nSPS) is 14.2. The second-order valence-electron chi connectivity index (χ2n) is 3.04. The zero-order valence-corrected chi connectivity index (χ0v) is 8.41. The molecule has 0 spiro atoms. The predicted octanol–water partition coefficient (Wildman–Crippen LogP) is -1.07. The highest BCUT2D eigenvalue weighted by Gasteiger charge is 2.14. The molecule has 0 bridgehead atoms. The second-order valence-corrected chi connectivity index (χ2v) is 3.04. The molecule has 0 aliphatic carbocycles. The number of aliphatic hydroxyl groups is 1. The van der Waals surface area contributed by atoms with Crippen LogP contribution in [0.15, 0.2) is 0 Å². The Balaban J connectivity index is 3.78. The summed E-state index contributed by atoms with van der Waals surface area (Å²) in [5.41, 5.74) is 4.83. The van der Waals surface area contributed by atoms with Gasteiger partial charge in [-0.15, -0.1) is 0 Å². The number of carbonyl (C=O) groups is 2. The van der Waals surface area contributed by atoms with E-state index in [9.17, 15) is 9.59 Å². The van der Waals surface area contributed by atoms with Gasteiger partial charge in [-0.05, 0) is 13.3 Å². The van der Waals surface area contributed by atoms with E-state index in [1.165, 1.54) is 6.92 Å². The van der Waals surface area contributed by atoms with Crippen molar-refractivity contribution in [1.29, 1.82) is 0 Å². The molecule has 6 nitrogen and oxygen atoms in total. The Kier molecular flexibility index (Phi) is 5.62. The molecule has 0 aliphatic heterocycles. The lowest BCUT2D eigenvalue weighted by atomic mass is 10.2. The van der Waals surface area contributed by atoms with Crippen molar-refractivity contribution in [3.8, 4) is 0 Å². The van der Waals surface area contributed by atoms with Crippen molar-refractivity contribution >= 4 is 11.9 Å². The maximum Gasteiger partial charge on any atom is 0.312 e. The number of amides is 3. The van der Waals surface area contributed by atoms with Gasteiger partial charge in [-0.2, -0.15) is 0 Å². The Morgan fingerprint density at radius 2 is 2.07 bits per heavy atom. The third kappa shape index (κ3) is 5.36. The molecular formula is C8H17N3O3. The lowest BCUT2D eigenvalue weighted by molar-refractivity contribution is -0.123. The summed E-state index contributed by atoms with van der Waals surface area (Å²) in [6.45, 7) is 3.50. The van der Waals surface area contributed by atoms with Crippen molar-refractivity contribution in [3.05, 3.63) is 0 Å². The number of urea groups is 1. The molecule has 0 rings (SSSR count). The SMILES string of the molecule is CCC(O)CNC(=O)C(C)NC(N)=O. The topological polar surface area (TPSA) is 104 Å². The number of nitrogens with two attached hydrogens (primary N) is 1. The van der Waals surface area contributed by atoms with Gasteiger partial charge in [0.1, 0.15) is 6.04 Å². The molecule has 82 valence electrons. The van der Waals surface area contributed by atoms with E-state index in [1.807, 2.05) is 6.92 Å². The van der Waals surface area contributed by atoms with Crippen LogP contribution >= 0.6 is 0 Å². The predicted molar refractivity (Wildman–Crippen MR) is 51.5 cm³/mol. The average molecular weight is 203 g/mol. The van der Waals surface area contributed by atoms with Gasteiger partial charge in [0.05, 0.1) is 6.10 Å². The Morgan fingerprint density at radius 3 is 2.50 bits per heavy atom. The van der Waals surface area contributed by atoms with Gasteiger partial charge < -0.3 is 21.5 Å². The third-order valence-corrected chi connectivity index (χ3v) is 1.74. The number of hydrogen-bond donors (Lipinski definition) is 4. The standard InChI is InChI=1S/C8H17N3O3/c1-3-6(12)4-10-7(13)5(2)11-8(9)14/h5-6,12H,3-4H2,1-2H3,(H,10,13)(H3,9,11,14). The van der Waals surface area contributed by atoms with Crippen LogP contribution in [0.1, 0.15) is 20.3 Å². The van der Waals surface area contributed by atoms with Crippen LogP contribution in [0, 0.1) is 0 Å². The molecule has 2 unspecified atom stereocenters. The number of aliphatic hydroxyl groups excluding tert-OH is 1. The summed E-state index contributed by atoms with van der Waals surface area (Å²) in [6, 6.07) is -1.43.